The molecule has 2 nitrogen and oxygen atoms in total. The van der Waals surface area contributed by atoms with Gasteiger partial charge in [0.2, 0.25) is 0 Å². The Morgan fingerprint density at radius 2 is 1.30 bits per heavy atom. The molecule has 0 saturated heterocycles. The molecule has 3 aliphatic rings. The Balaban J connectivity index is 1.61. The van der Waals surface area contributed by atoms with Gasteiger partial charge in [-0.05, 0) is 86.9 Å². The van der Waals surface area contributed by atoms with Crippen molar-refractivity contribution in [3.05, 3.63) is 0 Å². The van der Waals surface area contributed by atoms with Gasteiger partial charge in [-0.25, -0.2) is 0 Å². The molecule has 2 heteroatoms. The van der Waals surface area contributed by atoms with Crippen molar-refractivity contribution in [1.29, 1.82) is 0 Å². The summed E-state index contributed by atoms with van der Waals surface area (Å²) in [6, 6.07) is 0. The Kier molecular flexibility index (Phi) is 4.42. The molecule has 0 amide bonds. The Labute approximate surface area is 124 Å². The lowest BCUT2D eigenvalue weighted by atomic mass is 9.59. The zero-order chi connectivity index (χ0) is 14.3. The molecule has 3 fully saturated rings. The zero-order valence-electron chi connectivity index (χ0n) is 13.2. The summed E-state index contributed by atoms with van der Waals surface area (Å²) in [6.45, 7) is 4.61. The first-order valence-electron chi connectivity index (χ1n) is 8.92. The van der Waals surface area contributed by atoms with E-state index in [9.17, 15) is 10.2 Å². The summed E-state index contributed by atoms with van der Waals surface area (Å²) in [5, 5.41) is 19.9. The summed E-state index contributed by atoms with van der Waals surface area (Å²) < 4.78 is 0. The van der Waals surface area contributed by atoms with Crippen LogP contribution in [0.4, 0.5) is 0 Å². The predicted octanol–water partition coefficient (Wildman–Crippen LogP) is 3.61. The van der Waals surface area contributed by atoms with E-state index in [0.29, 0.717) is 11.8 Å². The number of aliphatic hydroxyl groups excluding tert-OH is 2. The van der Waals surface area contributed by atoms with Gasteiger partial charge in [0, 0.05) is 0 Å². The van der Waals surface area contributed by atoms with Gasteiger partial charge in [-0.2, -0.15) is 0 Å². The third-order valence-electron chi connectivity index (χ3n) is 7.14. The second-order valence-corrected chi connectivity index (χ2v) is 8.09. The Morgan fingerprint density at radius 3 is 2.10 bits per heavy atom. The monoisotopic (exact) mass is 280 g/mol. The lowest BCUT2D eigenvalue weighted by molar-refractivity contribution is -0.0285. The highest BCUT2D eigenvalue weighted by atomic mass is 16.3. The molecule has 0 aromatic carbocycles. The summed E-state index contributed by atoms with van der Waals surface area (Å²) in [6.07, 6.45) is 9.61. The quantitative estimate of drug-likeness (QED) is 0.770. The Bertz CT molecular complexity index is 329. The summed E-state index contributed by atoms with van der Waals surface area (Å²) in [5.74, 6) is 4.55. The second kappa shape index (κ2) is 5.96. The highest BCUT2D eigenvalue weighted by molar-refractivity contribution is 4.92. The van der Waals surface area contributed by atoms with Gasteiger partial charge in [0.25, 0.3) is 0 Å². The molecule has 3 rings (SSSR count). The van der Waals surface area contributed by atoms with Crippen molar-refractivity contribution in [2.45, 2.75) is 77.4 Å². The van der Waals surface area contributed by atoms with E-state index in [1.807, 2.05) is 0 Å². The topological polar surface area (TPSA) is 40.5 Å². The van der Waals surface area contributed by atoms with Gasteiger partial charge in [0.15, 0.2) is 0 Å². The molecule has 2 N–H and O–H groups in total. The molecule has 0 heterocycles. The molecule has 8 unspecified atom stereocenters. The molecule has 3 saturated carbocycles. The van der Waals surface area contributed by atoms with Crippen LogP contribution in [0.5, 0.6) is 0 Å². The molecule has 0 spiro atoms. The van der Waals surface area contributed by atoms with Crippen LogP contribution in [-0.2, 0) is 0 Å². The van der Waals surface area contributed by atoms with E-state index in [1.165, 1.54) is 32.1 Å². The van der Waals surface area contributed by atoms with E-state index in [2.05, 4.69) is 13.8 Å². The minimum absolute atomic E-state index is 0.0171. The van der Waals surface area contributed by atoms with E-state index in [4.69, 9.17) is 0 Å². The van der Waals surface area contributed by atoms with Crippen LogP contribution in [0.25, 0.3) is 0 Å². The normalized spacial score (nSPS) is 53.4. The second-order valence-electron chi connectivity index (χ2n) is 8.09. The molecular weight excluding hydrogens is 248 g/mol. The first-order valence-corrected chi connectivity index (χ1v) is 8.92. The van der Waals surface area contributed by atoms with Gasteiger partial charge in [0.05, 0.1) is 12.2 Å². The largest absolute Gasteiger partial charge is 0.393 e. The van der Waals surface area contributed by atoms with Gasteiger partial charge in [-0.15, -0.1) is 0 Å². The fraction of sp³-hybridized carbons (Fsp3) is 1.00. The van der Waals surface area contributed by atoms with Crippen molar-refractivity contribution in [3.63, 3.8) is 0 Å². The first-order chi connectivity index (χ1) is 9.56. The SMILES string of the molecule is CC1C(O)CCC(C2CCC3CC(O)CCC3C2)C1C. The summed E-state index contributed by atoms with van der Waals surface area (Å²) in [7, 11) is 0. The summed E-state index contributed by atoms with van der Waals surface area (Å²) >= 11 is 0. The van der Waals surface area contributed by atoms with Crippen molar-refractivity contribution < 1.29 is 10.2 Å². The van der Waals surface area contributed by atoms with Gasteiger partial charge in [0.1, 0.15) is 0 Å². The molecule has 8 atom stereocenters. The van der Waals surface area contributed by atoms with Gasteiger partial charge in [-0.1, -0.05) is 13.8 Å². The fourth-order valence-electron chi connectivity index (χ4n) is 5.58. The van der Waals surface area contributed by atoms with E-state index in [0.717, 1.165) is 42.9 Å². The molecule has 3 aliphatic carbocycles. The van der Waals surface area contributed by atoms with Crippen molar-refractivity contribution in [2.75, 3.05) is 0 Å². The van der Waals surface area contributed by atoms with Crippen molar-refractivity contribution in [3.8, 4) is 0 Å². The van der Waals surface area contributed by atoms with Crippen LogP contribution in [-0.4, -0.2) is 22.4 Å². The van der Waals surface area contributed by atoms with Gasteiger partial charge >= 0.3 is 0 Å². The van der Waals surface area contributed by atoms with Crippen molar-refractivity contribution in [2.24, 2.45) is 35.5 Å². The molecular formula is C18H32O2. The van der Waals surface area contributed by atoms with Gasteiger partial charge in [-0.3, -0.25) is 0 Å². The third kappa shape index (κ3) is 2.78. The van der Waals surface area contributed by atoms with Gasteiger partial charge < -0.3 is 10.2 Å². The van der Waals surface area contributed by atoms with Crippen LogP contribution in [0, 0.1) is 35.5 Å². The number of hydrogen-bond acceptors (Lipinski definition) is 2. The molecule has 20 heavy (non-hydrogen) atoms. The average molecular weight is 280 g/mol. The van der Waals surface area contributed by atoms with Crippen LogP contribution in [0.1, 0.15) is 65.2 Å². The van der Waals surface area contributed by atoms with Crippen molar-refractivity contribution in [1.82, 2.24) is 0 Å². The molecule has 0 aromatic heterocycles. The highest BCUT2D eigenvalue weighted by Gasteiger charge is 2.42. The number of hydrogen-bond donors (Lipinski definition) is 2. The maximum atomic E-state index is 10.1. The van der Waals surface area contributed by atoms with E-state index >= 15 is 0 Å². The van der Waals surface area contributed by atoms with Crippen LogP contribution in [0.2, 0.25) is 0 Å². The maximum Gasteiger partial charge on any atom is 0.0568 e. The summed E-state index contributed by atoms with van der Waals surface area (Å²) in [5.41, 5.74) is 0. The maximum absolute atomic E-state index is 10.1. The minimum Gasteiger partial charge on any atom is -0.393 e. The zero-order valence-corrected chi connectivity index (χ0v) is 13.2. The lowest BCUT2D eigenvalue weighted by Crippen LogP contribution is -2.41. The Hall–Kier alpha value is -0.0800. The number of aliphatic hydroxyl groups is 2. The standard InChI is InChI=1S/C18H32O2/c1-11-12(2)18(20)8-7-17(11)15-4-3-14-10-16(19)6-5-13(14)9-15/h11-20H,3-10H2,1-2H3. The molecule has 0 bridgehead atoms. The Morgan fingerprint density at radius 1 is 0.650 bits per heavy atom. The molecule has 0 aromatic rings. The molecule has 0 radical (unpaired) electrons. The van der Waals surface area contributed by atoms with Crippen LogP contribution < -0.4 is 0 Å². The third-order valence-corrected chi connectivity index (χ3v) is 7.14. The van der Waals surface area contributed by atoms with E-state index < -0.39 is 0 Å². The number of fused-ring (bicyclic) bond motifs is 1. The minimum atomic E-state index is -0.0672. The van der Waals surface area contributed by atoms with E-state index in [1.54, 1.807) is 0 Å². The first kappa shape index (κ1) is 14.8. The smallest absolute Gasteiger partial charge is 0.0568 e. The number of rotatable bonds is 1. The van der Waals surface area contributed by atoms with Crippen LogP contribution in [0.15, 0.2) is 0 Å². The average Bonchev–Trinajstić information content (AvgIpc) is 2.44. The van der Waals surface area contributed by atoms with E-state index in [-0.39, 0.29) is 12.2 Å². The predicted molar refractivity (Wildman–Crippen MR) is 81.2 cm³/mol. The fourth-order valence-corrected chi connectivity index (χ4v) is 5.58. The highest BCUT2D eigenvalue weighted by Crippen LogP contribution is 2.49. The summed E-state index contributed by atoms with van der Waals surface area (Å²) in [4.78, 5) is 0. The molecule has 0 aliphatic heterocycles. The van der Waals surface area contributed by atoms with Crippen LogP contribution in [0.3, 0.4) is 0 Å². The molecule has 116 valence electrons. The van der Waals surface area contributed by atoms with Crippen molar-refractivity contribution >= 4 is 0 Å². The lowest BCUT2D eigenvalue weighted by Gasteiger charge is -2.47. The van der Waals surface area contributed by atoms with Crippen LogP contribution >= 0.6 is 0 Å².